The first-order chi connectivity index (χ1) is 19.0. The highest BCUT2D eigenvalue weighted by Crippen LogP contribution is 2.32. The third-order valence-electron chi connectivity index (χ3n) is 6.59. The van der Waals surface area contributed by atoms with Gasteiger partial charge in [0.05, 0.1) is 38.7 Å². The molecule has 5 aromatic rings. The van der Waals surface area contributed by atoms with Crippen LogP contribution in [0.25, 0.3) is 17.0 Å². The Morgan fingerprint density at radius 2 is 1.85 bits per heavy atom. The molecule has 0 atom stereocenters. The van der Waals surface area contributed by atoms with Gasteiger partial charge in [-0.05, 0) is 43.4 Å². The molecule has 4 aromatic heterocycles. The molecule has 12 heteroatoms. The van der Waals surface area contributed by atoms with E-state index in [2.05, 4.69) is 27.6 Å². The molecule has 0 saturated carbocycles. The number of carbonyl (C=O) groups is 2. The van der Waals surface area contributed by atoms with E-state index in [0.717, 1.165) is 29.5 Å². The molecule has 1 saturated heterocycles. The Balaban J connectivity index is 1.17. The third kappa shape index (κ3) is 5.09. The van der Waals surface area contributed by atoms with E-state index >= 15 is 0 Å². The van der Waals surface area contributed by atoms with Crippen LogP contribution in [0.2, 0.25) is 0 Å². The van der Waals surface area contributed by atoms with Gasteiger partial charge in [0.15, 0.2) is 5.13 Å². The Labute approximate surface area is 232 Å². The number of nitrogens with zero attached hydrogens (tertiary/aromatic N) is 5. The zero-order valence-electron chi connectivity index (χ0n) is 21.1. The SMILES string of the molecule is CN1CCN(C(=O)c2cccn3c(-c4csc(Nc5ccc(C(=O)Nc6ccccc6N)s5)n4)cnc23)CC1. The molecule has 2 amide bonds. The normalized spacial score (nSPS) is 14.0. The van der Waals surface area contributed by atoms with Crippen molar-refractivity contribution >= 4 is 61.6 Å². The zero-order chi connectivity index (χ0) is 26.9. The highest BCUT2D eigenvalue weighted by Gasteiger charge is 2.23. The summed E-state index contributed by atoms with van der Waals surface area (Å²) in [5.74, 6) is -0.225. The number of aromatic nitrogens is 3. The first-order valence-electron chi connectivity index (χ1n) is 12.4. The molecule has 4 N–H and O–H groups in total. The number of para-hydroxylation sites is 2. The van der Waals surface area contributed by atoms with Gasteiger partial charge in [-0.3, -0.25) is 14.0 Å². The van der Waals surface area contributed by atoms with Crippen molar-refractivity contribution in [2.45, 2.75) is 0 Å². The van der Waals surface area contributed by atoms with Crippen LogP contribution in [0.15, 0.2) is 66.3 Å². The summed E-state index contributed by atoms with van der Waals surface area (Å²) < 4.78 is 1.91. The molecule has 0 bridgehead atoms. The Morgan fingerprint density at radius 1 is 1.03 bits per heavy atom. The van der Waals surface area contributed by atoms with Crippen molar-refractivity contribution in [2.75, 3.05) is 49.6 Å². The molecule has 6 rings (SSSR count). The Hall–Kier alpha value is -4.26. The van der Waals surface area contributed by atoms with Crippen LogP contribution in [-0.4, -0.2) is 69.2 Å². The fourth-order valence-electron chi connectivity index (χ4n) is 4.42. The summed E-state index contributed by atoms with van der Waals surface area (Å²) in [5.41, 5.74) is 9.78. The maximum Gasteiger partial charge on any atom is 0.265 e. The van der Waals surface area contributed by atoms with Gasteiger partial charge in [0, 0.05) is 37.8 Å². The van der Waals surface area contributed by atoms with Gasteiger partial charge in [-0.15, -0.1) is 22.7 Å². The number of likely N-dealkylation sites (N-methyl/N-ethyl adjacent to an activating group) is 1. The lowest BCUT2D eigenvalue weighted by molar-refractivity contribution is 0.0665. The summed E-state index contributed by atoms with van der Waals surface area (Å²) in [7, 11) is 2.07. The molecule has 10 nitrogen and oxygen atoms in total. The monoisotopic (exact) mass is 558 g/mol. The Kier molecular flexibility index (Phi) is 6.73. The maximum atomic E-state index is 13.2. The number of hydrogen-bond acceptors (Lipinski definition) is 9. The number of hydrogen-bond donors (Lipinski definition) is 3. The average Bonchev–Trinajstić information content (AvgIpc) is 3.70. The number of piperazine rings is 1. The quantitative estimate of drug-likeness (QED) is 0.263. The number of nitrogens with one attached hydrogen (secondary N) is 2. The number of nitrogens with two attached hydrogens (primary N) is 1. The van der Waals surface area contributed by atoms with E-state index in [1.54, 1.807) is 24.4 Å². The summed E-state index contributed by atoms with van der Waals surface area (Å²) in [5, 5.41) is 9.56. The van der Waals surface area contributed by atoms with Crippen LogP contribution in [0.4, 0.5) is 21.5 Å². The van der Waals surface area contributed by atoms with E-state index in [4.69, 9.17) is 10.7 Å². The number of carbonyl (C=O) groups excluding carboxylic acids is 2. The summed E-state index contributed by atoms with van der Waals surface area (Å²) in [4.78, 5) is 39.9. The molecule has 1 aromatic carbocycles. The van der Waals surface area contributed by atoms with Gasteiger partial charge in [0.25, 0.3) is 11.8 Å². The standard InChI is InChI=1S/C27H26N8O2S2/c1-33-11-13-34(14-12-33)26(37)17-5-4-10-35-21(15-29-24(17)35)20-16-38-27(31-20)32-23-9-8-22(39-23)25(36)30-19-7-3-2-6-18(19)28/h2-10,15-16H,11-14,28H2,1H3,(H,30,36)(H,31,32). The van der Waals surface area contributed by atoms with Gasteiger partial charge in [-0.2, -0.15) is 0 Å². The van der Waals surface area contributed by atoms with Crippen molar-refractivity contribution in [1.29, 1.82) is 0 Å². The molecular formula is C27H26N8O2S2. The van der Waals surface area contributed by atoms with E-state index in [0.29, 0.717) is 45.7 Å². The molecule has 39 heavy (non-hydrogen) atoms. The molecule has 0 spiro atoms. The predicted octanol–water partition coefficient (Wildman–Crippen LogP) is 4.49. The highest BCUT2D eigenvalue weighted by atomic mass is 32.1. The third-order valence-corrected chi connectivity index (χ3v) is 8.35. The van der Waals surface area contributed by atoms with Crippen molar-refractivity contribution < 1.29 is 9.59 Å². The number of thiophene rings is 1. The van der Waals surface area contributed by atoms with Crippen LogP contribution in [-0.2, 0) is 0 Å². The van der Waals surface area contributed by atoms with E-state index in [1.165, 1.54) is 22.7 Å². The molecule has 5 heterocycles. The number of amides is 2. The number of thiazole rings is 1. The Bertz CT molecular complexity index is 1670. The van der Waals surface area contributed by atoms with Gasteiger partial charge in [0.1, 0.15) is 11.3 Å². The maximum absolute atomic E-state index is 13.2. The average molecular weight is 559 g/mol. The number of nitrogen functional groups attached to an aromatic ring is 1. The van der Waals surface area contributed by atoms with Crippen LogP contribution < -0.4 is 16.4 Å². The topological polar surface area (TPSA) is 121 Å². The van der Waals surface area contributed by atoms with Gasteiger partial charge in [-0.25, -0.2) is 9.97 Å². The fourth-order valence-corrected chi connectivity index (χ4v) is 6.01. The molecule has 1 aliphatic rings. The van der Waals surface area contributed by atoms with Crippen LogP contribution in [0.5, 0.6) is 0 Å². The van der Waals surface area contributed by atoms with Crippen molar-refractivity contribution in [3.05, 3.63) is 76.7 Å². The lowest BCUT2D eigenvalue weighted by atomic mass is 10.2. The van der Waals surface area contributed by atoms with Gasteiger partial charge < -0.3 is 26.2 Å². The van der Waals surface area contributed by atoms with Gasteiger partial charge in [0.2, 0.25) is 0 Å². The first-order valence-corrected chi connectivity index (χ1v) is 14.1. The second-order valence-electron chi connectivity index (χ2n) is 9.22. The molecule has 198 valence electrons. The van der Waals surface area contributed by atoms with Crippen LogP contribution >= 0.6 is 22.7 Å². The molecule has 1 fully saturated rings. The second-order valence-corrected chi connectivity index (χ2v) is 11.2. The fraction of sp³-hybridized carbons (Fsp3) is 0.185. The van der Waals surface area contributed by atoms with Gasteiger partial charge >= 0.3 is 0 Å². The minimum Gasteiger partial charge on any atom is -0.397 e. The zero-order valence-corrected chi connectivity index (χ0v) is 22.8. The molecule has 1 aliphatic heterocycles. The molecule has 0 unspecified atom stereocenters. The largest absolute Gasteiger partial charge is 0.397 e. The number of imidazole rings is 1. The van der Waals surface area contributed by atoms with Crippen molar-refractivity contribution in [3.63, 3.8) is 0 Å². The number of benzene rings is 1. The Morgan fingerprint density at radius 3 is 2.67 bits per heavy atom. The van der Waals surface area contributed by atoms with Crippen molar-refractivity contribution in [2.24, 2.45) is 0 Å². The first kappa shape index (κ1) is 25.0. The minimum atomic E-state index is -0.224. The number of fused-ring (bicyclic) bond motifs is 1. The van der Waals surface area contributed by atoms with Crippen LogP contribution in [0, 0.1) is 0 Å². The summed E-state index contributed by atoms with van der Waals surface area (Å²) in [6, 6.07) is 14.5. The summed E-state index contributed by atoms with van der Waals surface area (Å²) >= 11 is 2.78. The van der Waals surface area contributed by atoms with Gasteiger partial charge in [-0.1, -0.05) is 12.1 Å². The number of rotatable bonds is 6. The minimum absolute atomic E-state index is 0.000953. The molecular weight excluding hydrogens is 532 g/mol. The van der Waals surface area contributed by atoms with E-state index in [1.807, 2.05) is 51.2 Å². The lowest BCUT2D eigenvalue weighted by Crippen LogP contribution is -2.47. The van der Waals surface area contributed by atoms with Crippen molar-refractivity contribution in [3.8, 4) is 11.4 Å². The van der Waals surface area contributed by atoms with E-state index in [9.17, 15) is 9.59 Å². The number of pyridine rings is 1. The number of anilines is 4. The molecule has 0 aliphatic carbocycles. The lowest BCUT2D eigenvalue weighted by Gasteiger charge is -2.32. The van der Waals surface area contributed by atoms with Crippen molar-refractivity contribution in [1.82, 2.24) is 24.2 Å². The smallest absolute Gasteiger partial charge is 0.265 e. The van der Waals surface area contributed by atoms with Crippen LogP contribution in [0.3, 0.4) is 0 Å². The van der Waals surface area contributed by atoms with E-state index in [-0.39, 0.29) is 11.8 Å². The predicted molar refractivity (Wildman–Crippen MR) is 156 cm³/mol. The summed E-state index contributed by atoms with van der Waals surface area (Å²) in [6.45, 7) is 3.14. The van der Waals surface area contributed by atoms with E-state index < -0.39 is 0 Å². The highest BCUT2D eigenvalue weighted by molar-refractivity contribution is 7.19. The molecule has 0 radical (unpaired) electrons. The second kappa shape index (κ2) is 10.5. The van der Waals surface area contributed by atoms with Crippen LogP contribution in [0.1, 0.15) is 20.0 Å². The summed E-state index contributed by atoms with van der Waals surface area (Å²) in [6.07, 6.45) is 3.65.